The van der Waals surface area contributed by atoms with Crippen LogP contribution in [0.5, 0.6) is 0 Å². The van der Waals surface area contributed by atoms with Crippen molar-refractivity contribution in [3.05, 3.63) is 40.8 Å². The number of benzene rings is 1. The van der Waals surface area contributed by atoms with E-state index in [2.05, 4.69) is 17.0 Å². The summed E-state index contributed by atoms with van der Waals surface area (Å²) < 4.78 is 50.0. The van der Waals surface area contributed by atoms with E-state index < -0.39 is 18.4 Å². The summed E-state index contributed by atoms with van der Waals surface area (Å²) in [5.41, 5.74) is 1.24. The van der Waals surface area contributed by atoms with Crippen molar-refractivity contribution in [3.63, 3.8) is 0 Å². The number of aryl methyl sites for hydroxylation is 1. The lowest BCUT2D eigenvalue weighted by molar-refractivity contribution is -0.135. The molecule has 0 heterocycles. The predicted octanol–water partition coefficient (Wildman–Crippen LogP) is 4.21. The van der Waals surface area contributed by atoms with E-state index in [1.165, 1.54) is 19.2 Å². The maximum Gasteiger partial charge on any atom is 0.389 e. The Kier molecular flexibility index (Phi) is 6.76. The summed E-state index contributed by atoms with van der Waals surface area (Å²) in [5.74, 6) is -0.539. The Balaban J connectivity index is 2.94. The number of hydrogen-bond donors (Lipinski definition) is 1. The van der Waals surface area contributed by atoms with Crippen molar-refractivity contribution in [3.8, 4) is 6.07 Å². The summed E-state index contributed by atoms with van der Waals surface area (Å²) in [4.78, 5) is 3.74. The van der Waals surface area contributed by atoms with Gasteiger partial charge in [-0.1, -0.05) is 0 Å². The monoisotopic (exact) mass is 327 g/mol. The normalized spacial score (nSPS) is 12.3. The van der Waals surface area contributed by atoms with Gasteiger partial charge in [-0.15, -0.1) is 0 Å². The molecule has 0 saturated carbocycles. The molecule has 0 spiro atoms. The highest BCUT2D eigenvalue weighted by Crippen LogP contribution is 2.25. The number of aliphatic imine (C=N–C) groups is 1. The summed E-state index contributed by atoms with van der Waals surface area (Å²) in [7, 11) is 1.53. The summed E-state index contributed by atoms with van der Waals surface area (Å²) in [6, 6.07) is 5.98. The first-order valence-corrected chi connectivity index (χ1v) is 6.96. The number of unbranched alkanes of at least 4 members (excludes halogenated alkanes) is 1. The molecule has 0 atom stereocenters. The Labute approximate surface area is 132 Å². The van der Waals surface area contributed by atoms with E-state index in [1.54, 1.807) is 6.07 Å². The van der Waals surface area contributed by atoms with Crippen LogP contribution in [0, 0.1) is 17.1 Å². The summed E-state index contributed by atoms with van der Waals surface area (Å²) in [5, 5.41) is 11.7. The third-order valence-corrected chi connectivity index (χ3v) is 3.16. The summed E-state index contributed by atoms with van der Waals surface area (Å²) in [6.07, 6.45) is -4.44. The zero-order chi connectivity index (χ0) is 17.5. The van der Waals surface area contributed by atoms with Crippen LogP contribution in [-0.4, -0.2) is 19.9 Å². The number of hydrogen-bond acceptors (Lipinski definition) is 3. The third-order valence-electron chi connectivity index (χ3n) is 3.16. The number of allylic oxidation sites excluding steroid dienone is 1. The van der Waals surface area contributed by atoms with E-state index in [-0.39, 0.29) is 17.8 Å². The predicted molar refractivity (Wildman–Crippen MR) is 81.2 cm³/mol. The molecule has 0 radical (unpaired) electrons. The zero-order valence-corrected chi connectivity index (χ0v) is 12.7. The molecule has 0 fully saturated rings. The fraction of sp³-hybridized carbons (Fsp3) is 0.375. The highest BCUT2D eigenvalue weighted by Gasteiger charge is 2.25. The molecule has 1 N–H and O–H groups in total. The minimum atomic E-state index is -4.18. The van der Waals surface area contributed by atoms with E-state index >= 15 is 0 Å². The molecule has 124 valence electrons. The number of alkyl halides is 3. The van der Waals surface area contributed by atoms with Crippen molar-refractivity contribution < 1.29 is 17.6 Å². The van der Waals surface area contributed by atoms with E-state index in [0.717, 1.165) is 0 Å². The van der Waals surface area contributed by atoms with Crippen LogP contribution in [0.15, 0.2) is 28.9 Å². The SMILES string of the molecule is C=N/C(=C(/C#N)NC)c1cc(F)cc(CCCCC(F)(F)F)c1. The van der Waals surface area contributed by atoms with Gasteiger partial charge in [-0.25, -0.2) is 4.39 Å². The van der Waals surface area contributed by atoms with Gasteiger partial charge in [0.2, 0.25) is 0 Å². The van der Waals surface area contributed by atoms with Gasteiger partial charge in [0.1, 0.15) is 23.3 Å². The van der Waals surface area contributed by atoms with Crippen molar-refractivity contribution in [2.24, 2.45) is 4.99 Å². The lowest BCUT2D eigenvalue weighted by Crippen LogP contribution is -2.07. The molecule has 0 aliphatic carbocycles. The quantitative estimate of drug-likeness (QED) is 0.353. The first-order chi connectivity index (χ1) is 10.8. The lowest BCUT2D eigenvalue weighted by atomic mass is 10.0. The van der Waals surface area contributed by atoms with E-state index in [1.807, 2.05) is 6.07 Å². The van der Waals surface area contributed by atoms with Crippen LogP contribution in [0.1, 0.15) is 30.4 Å². The molecule has 0 saturated heterocycles. The van der Waals surface area contributed by atoms with Gasteiger partial charge in [0, 0.05) is 19.0 Å². The van der Waals surface area contributed by atoms with Gasteiger partial charge in [-0.05, 0) is 49.7 Å². The minimum absolute atomic E-state index is 0.0162. The average molecular weight is 327 g/mol. The highest BCUT2D eigenvalue weighted by molar-refractivity contribution is 5.73. The first kappa shape index (κ1) is 18.7. The Hall–Kier alpha value is -2.36. The van der Waals surface area contributed by atoms with Crippen molar-refractivity contribution in [1.29, 1.82) is 5.26 Å². The largest absolute Gasteiger partial charge is 0.389 e. The molecule has 0 unspecified atom stereocenters. The molecule has 23 heavy (non-hydrogen) atoms. The first-order valence-electron chi connectivity index (χ1n) is 6.96. The molecule has 0 bridgehead atoms. The molecule has 1 aromatic carbocycles. The second-order valence-electron chi connectivity index (χ2n) is 4.91. The molecule has 3 nitrogen and oxygen atoms in total. The fourth-order valence-corrected chi connectivity index (χ4v) is 2.13. The molecular formula is C16H17F4N3. The van der Waals surface area contributed by atoms with Gasteiger partial charge in [0.25, 0.3) is 0 Å². The number of nitriles is 1. The Bertz CT molecular complexity index is 627. The van der Waals surface area contributed by atoms with Crippen molar-refractivity contribution in [1.82, 2.24) is 5.32 Å². The van der Waals surface area contributed by atoms with Gasteiger partial charge in [-0.2, -0.15) is 18.4 Å². The third kappa shape index (κ3) is 6.10. The highest BCUT2D eigenvalue weighted by atomic mass is 19.4. The number of nitrogens with one attached hydrogen (secondary N) is 1. The number of halogens is 4. The van der Waals surface area contributed by atoms with Crippen LogP contribution < -0.4 is 5.32 Å². The van der Waals surface area contributed by atoms with Crippen LogP contribution in [-0.2, 0) is 6.42 Å². The van der Waals surface area contributed by atoms with Gasteiger partial charge < -0.3 is 5.32 Å². The summed E-state index contributed by atoms with van der Waals surface area (Å²) in [6.45, 7) is 3.37. The summed E-state index contributed by atoms with van der Waals surface area (Å²) >= 11 is 0. The van der Waals surface area contributed by atoms with Gasteiger partial charge >= 0.3 is 6.18 Å². The van der Waals surface area contributed by atoms with E-state index in [9.17, 15) is 17.6 Å². The van der Waals surface area contributed by atoms with Crippen LogP contribution in [0.25, 0.3) is 5.70 Å². The zero-order valence-electron chi connectivity index (χ0n) is 12.7. The second-order valence-corrected chi connectivity index (χ2v) is 4.91. The average Bonchev–Trinajstić information content (AvgIpc) is 2.47. The van der Waals surface area contributed by atoms with Crippen LogP contribution in [0.2, 0.25) is 0 Å². The maximum atomic E-state index is 13.7. The van der Waals surface area contributed by atoms with Gasteiger partial charge in [0.05, 0.1) is 0 Å². The van der Waals surface area contributed by atoms with Crippen molar-refractivity contribution in [2.75, 3.05) is 7.05 Å². The molecule has 7 heteroatoms. The molecule has 1 aromatic rings. The van der Waals surface area contributed by atoms with Gasteiger partial charge in [-0.3, -0.25) is 4.99 Å². The molecule has 0 aliphatic heterocycles. The van der Waals surface area contributed by atoms with Crippen molar-refractivity contribution >= 4 is 12.4 Å². The van der Waals surface area contributed by atoms with Crippen LogP contribution in [0.4, 0.5) is 17.6 Å². The molecule has 0 amide bonds. The van der Waals surface area contributed by atoms with Gasteiger partial charge in [0.15, 0.2) is 0 Å². The molecule has 1 rings (SSSR count). The minimum Gasteiger partial charge on any atom is -0.378 e. The smallest absolute Gasteiger partial charge is 0.378 e. The second kappa shape index (κ2) is 8.32. The lowest BCUT2D eigenvalue weighted by Gasteiger charge is -2.09. The van der Waals surface area contributed by atoms with Crippen LogP contribution in [0.3, 0.4) is 0 Å². The van der Waals surface area contributed by atoms with E-state index in [4.69, 9.17) is 5.26 Å². The number of rotatable bonds is 7. The molecule has 0 aromatic heterocycles. The van der Waals surface area contributed by atoms with Crippen molar-refractivity contribution in [2.45, 2.75) is 31.9 Å². The van der Waals surface area contributed by atoms with E-state index in [0.29, 0.717) is 24.0 Å². The Morgan fingerprint density at radius 1 is 1.30 bits per heavy atom. The number of nitrogens with zero attached hydrogens (tertiary/aromatic N) is 2. The van der Waals surface area contributed by atoms with Crippen LogP contribution >= 0.6 is 0 Å². The molecule has 0 aliphatic rings. The maximum absolute atomic E-state index is 13.7. The topological polar surface area (TPSA) is 48.2 Å². The standard InChI is InChI=1S/C16H17F4N3/c1-22-14(10-21)15(23-2)12-7-11(8-13(17)9-12)5-3-4-6-16(18,19)20/h7-9,22H,2-6H2,1H3/b15-14-. The Morgan fingerprint density at radius 2 is 2.00 bits per heavy atom. The fourth-order valence-electron chi connectivity index (χ4n) is 2.13. The molecular weight excluding hydrogens is 310 g/mol. The Morgan fingerprint density at radius 3 is 2.52 bits per heavy atom.